The van der Waals surface area contributed by atoms with E-state index in [1.54, 1.807) is 0 Å². The van der Waals surface area contributed by atoms with Gasteiger partial charge in [-0.3, -0.25) is 4.18 Å². The summed E-state index contributed by atoms with van der Waals surface area (Å²) in [4.78, 5) is 0.493. The summed E-state index contributed by atoms with van der Waals surface area (Å²) in [5.41, 5.74) is 0.358. The third kappa shape index (κ3) is 2.63. The summed E-state index contributed by atoms with van der Waals surface area (Å²) < 4.78 is 15.6. The van der Waals surface area contributed by atoms with E-state index in [-0.39, 0.29) is 0 Å². The lowest BCUT2D eigenvalue weighted by atomic mass is 9.81. The summed E-state index contributed by atoms with van der Waals surface area (Å²) in [6.07, 6.45) is 0. The van der Waals surface area contributed by atoms with E-state index in [0.717, 1.165) is 0 Å². The Bertz CT molecular complexity index is 298. The maximum absolute atomic E-state index is 11.1. The second kappa shape index (κ2) is 4.52. The number of rotatable bonds is 3. The molecular formula is C7H9BO4S. The third-order valence-corrected chi connectivity index (χ3v) is 2.48. The van der Waals surface area contributed by atoms with Crippen molar-refractivity contribution in [3.63, 3.8) is 0 Å². The Labute approximate surface area is 79.0 Å². The Morgan fingerprint density at radius 2 is 1.85 bits per heavy atom. The minimum atomic E-state index is -1.50. The molecular weight excluding hydrogens is 191 g/mol. The molecule has 1 aromatic carbocycles. The van der Waals surface area contributed by atoms with Crippen LogP contribution in [0.2, 0.25) is 0 Å². The topological polar surface area (TPSA) is 66.8 Å². The van der Waals surface area contributed by atoms with Gasteiger partial charge >= 0.3 is 7.12 Å². The van der Waals surface area contributed by atoms with Crippen molar-refractivity contribution < 1.29 is 18.4 Å². The molecule has 4 nitrogen and oxygen atoms in total. The standard InChI is InChI=1S/C7H9BO4S/c1-12-13(11)7-4-2-6(3-5-7)8(9)10/h2-5,9-10H,1H3. The highest BCUT2D eigenvalue weighted by atomic mass is 32.2. The van der Waals surface area contributed by atoms with Gasteiger partial charge in [0.2, 0.25) is 0 Å². The SMILES string of the molecule is COS(=O)c1ccc(B(O)O)cc1. The average Bonchev–Trinajstić information content (AvgIpc) is 2.17. The molecule has 0 saturated heterocycles. The van der Waals surface area contributed by atoms with Crippen LogP contribution in [-0.2, 0) is 15.3 Å². The Morgan fingerprint density at radius 1 is 1.31 bits per heavy atom. The van der Waals surface area contributed by atoms with E-state index in [1.165, 1.54) is 31.4 Å². The highest BCUT2D eigenvalue weighted by Gasteiger charge is 2.10. The largest absolute Gasteiger partial charge is 0.488 e. The highest BCUT2D eigenvalue weighted by Crippen LogP contribution is 2.04. The van der Waals surface area contributed by atoms with Crippen molar-refractivity contribution in [3.8, 4) is 0 Å². The Balaban J connectivity index is 2.87. The van der Waals surface area contributed by atoms with Gasteiger partial charge in [-0.2, -0.15) is 0 Å². The molecule has 0 spiro atoms. The molecule has 0 heterocycles. The van der Waals surface area contributed by atoms with Crippen LogP contribution in [0.1, 0.15) is 0 Å². The quantitative estimate of drug-likeness (QED) is 0.616. The van der Waals surface area contributed by atoms with Crippen LogP contribution in [-0.4, -0.2) is 28.5 Å². The molecule has 0 fully saturated rings. The number of benzene rings is 1. The van der Waals surface area contributed by atoms with Gasteiger partial charge in [0.15, 0.2) is 11.1 Å². The lowest BCUT2D eigenvalue weighted by Gasteiger charge is -2.01. The van der Waals surface area contributed by atoms with E-state index < -0.39 is 18.2 Å². The first-order valence-corrected chi connectivity index (χ1v) is 4.65. The van der Waals surface area contributed by atoms with Crippen LogP contribution < -0.4 is 5.46 Å². The molecule has 1 unspecified atom stereocenters. The van der Waals surface area contributed by atoms with Crippen molar-refractivity contribution in [2.24, 2.45) is 0 Å². The predicted octanol–water partition coefficient (Wildman–Crippen LogP) is -0.965. The van der Waals surface area contributed by atoms with Crippen molar-refractivity contribution >= 4 is 23.7 Å². The Hall–Kier alpha value is -0.685. The van der Waals surface area contributed by atoms with Crippen molar-refractivity contribution in [1.29, 1.82) is 0 Å². The fourth-order valence-electron chi connectivity index (χ4n) is 0.847. The second-order valence-corrected chi connectivity index (χ2v) is 3.62. The van der Waals surface area contributed by atoms with Crippen molar-refractivity contribution in [2.75, 3.05) is 7.11 Å². The van der Waals surface area contributed by atoms with Gasteiger partial charge in [0.05, 0.1) is 12.0 Å². The molecule has 70 valence electrons. The van der Waals surface area contributed by atoms with E-state index in [2.05, 4.69) is 4.18 Å². The van der Waals surface area contributed by atoms with Crippen LogP contribution in [0.5, 0.6) is 0 Å². The summed E-state index contributed by atoms with van der Waals surface area (Å²) in [6.45, 7) is 0. The summed E-state index contributed by atoms with van der Waals surface area (Å²) in [5.74, 6) is 0. The zero-order chi connectivity index (χ0) is 9.84. The molecule has 0 aliphatic heterocycles. The fraction of sp³-hybridized carbons (Fsp3) is 0.143. The van der Waals surface area contributed by atoms with Crippen molar-refractivity contribution in [3.05, 3.63) is 24.3 Å². The normalized spacial score (nSPS) is 12.5. The minimum absolute atomic E-state index is 0.358. The van der Waals surface area contributed by atoms with Crippen LogP contribution in [0.4, 0.5) is 0 Å². The van der Waals surface area contributed by atoms with Gasteiger partial charge in [0, 0.05) is 0 Å². The first-order valence-electron chi connectivity index (χ1n) is 3.57. The Morgan fingerprint density at radius 3 is 2.23 bits per heavy atom. The molecule has 0 aliphatic rings. The van der Waals surface area contributed by atoms with Crippen LogP contribution in [0.25, 0.3) is 0 Å². The molecule has 1 rings (SSSR count). The first-order chi connectivity index (χ1) is 6.15. The van der Waals surface area contributed by atoms with E-state index in [1.807, 2.05) is 0 Å². The van der Waals surface area contributed by atoms with Crippen LogP contribution in [0, 0.1) is 0 Å². The molecule has 1 atom stereocenters. The fourth-order valence-corrected chi connectivity index (χ4v) is 1.40. The smallest absolute Gasteiger partial charge is 0.423 e. The zero-order valence-electron chi connectivity index (χ0n) is 7.01. The lowest BCUT2D eigenvalue weighted by Crippen LogP contribution is -2.29. The molecule has 13 heavy (non-hydrogen) atoms. The molecule has 0 aromatic heterocycles. The zero-order valence-corrected chi connectivity index (χ0v) is 7.82. The summed E-state index contributed by atoms with van der Waals surface area (Å²) in [6, 6.07) is 6.01. The van der Waals surface area contributed by atoms with Gasteiger partial charge in [-0.05, 0) is 17.6 Å². The predicted molar refractivity (Wildman–Crippen MR) is 49.7 cm³/mol. The summed E-state index contributed by atoms with van der Waals surface area (Å²) in [7, 11) is -0.157. The third-order valence-electron chi connectivity index (χ3n) is 1.52. The summed E-state index contributed by atoms with van der Waals surface area (Å²) >= 11 is -1.48. The maximum atomic E-state index is 11.1. The Kier molecular flexibility index (Phi) is 3.62. The van der Waals surface area contributed by atoms with Crippen molar-refractivity contribution in [1.82, 2.24) is 0 Å². The van der Waals surface area contributed by atoms with E-state index in [9.17, 15) is 4.21 Å². The molecule has 2 N–H and O–H groups in total. The van der Waals surface area contributed by atoms with E-state index >= 15 is 0 Å². The van der Waals surface area contributed by atoms with E-state index in [0.29, 0.717) is 10.4 Å². The van der Waals surface area contributed by atoms with Gasteiger partial charge in [-0.1, -0.05) is 12.1 Å². The molecule has 0 amide bonds. The van der Waals surface area contributed by atoms with Gasteiger partial charge in [0.25, 0.3) is 0 Å². The summed E-state index contributed by atoms with van der Waals surface area (Å²) in [5, 5.41) is 17.5. The van der Waals surface area contributed by atoms with Crippen LogP contribution in [0.15, 0.2) is 29.2 Å². The number of hydrogen-bond donors (Lipinski definition) is 2. The first kappa shape index (κ1) is 10.4. The molecule has 0 radical (unpaired) electrons. The number of hydrogen-bond acceptors (Lipinski definition) is 4. The van der Waals surface area contributed by atoms with Gasteiger partial charge < -0.3 is 10.0 Å². The second-order valence-electron chi connectivity index (χ2n) is 2.34. The molecule has 0 saturated carbocycles. The molecule has 0 bridgehead atoms. The lowest BCUT2D eigenvalue weighted by molar-refractivity contribution is 0.425. The van der Waals surface area contributed by atoms with Gasteiger partial charge in [0.1, 0.15) is 0 Å². The molecule has 0 aliphatic carbocycles. The molecule has 6 heteroatoms. The maximum Gasteiger partial charge on any atom is 0.488 e. The van der Waals surface area contributed by atoms with E-state index in [4.69, 9.17) is 10.0 Å². The van der Waals surface area contributed by atoms with Gasteiger partial charge in [-0.25, -0.2) is 4.21 Å². The highest BCUT2D eigenvalue weighted by molar-refractivity contribution is 7.80. The van der Waals surface area contributed by atoms with Crippen molar-refractivity contribution in [2.45, 2.75) is 4.90 Å². The van der Waals surface area contributed by atoms with Gasteiger partial charge in [-0.15, -0.1) is 0 Å². The molecule has 1 aromatic rings. The monoisotopic (exact) mass is 200 g/mol. The van der Waals surface area contributed by atoms with Crippen LogP contribution in [0.3, 0.4) is 0 Å². The van der Waals surface area contributed by atoms with Crippen LogP contribution >= 0.6 is 0 Å². The minimum Gasteiger partial charge on any atom is -0.423 e. The average molecular weight is 200 g/mol.